The molecule has 0 saturated heterocycles. The lowest BCUT2D eigenvalue weighted by Crippen LogP contribution is -2.10. The number of rotatable bonds is 22. The molecule has 8 rings (SSSR count). The summed E-state index contributed by atoms with van der Waals surface area (Å²) in [6.45, 7) is 11.2. The standard InChI is InChI=1S/C54H56N6O3/c1-3-59-51-13-7-5-11-47(51)49-35-45(23-25-53(49)59)57-39-43-19-15-41(16-20-43)37-55-27-9-29-61-31-33-63-34-32-62-30-10-28-56-38-42-17-21-44(22-18-42)40-58-46-24-26-54-50(36-46)48-12-6-8-14-52(48)60(54)4-2/h5-8,11-26,35-40H,3-4,9-10,27-34H2,1-2H3. The lowest BCUT2D eigenvalue weighted by Gasteiger charge is -2.06. The van der Waals surface area contributed by atoms with Gasteiger partial charge in [-0.05, 0) is 97.5 Å². The van der Waals surface area contributed by atoms with Gasteiger partial charge in [0.2, 0.25) is 0 Å². The van der Waals surface area contributed by atoms with E-state index in [1.807, 2.05) is 24.9 Å². The Hall–Kier alpha value is -6.52. The monoisotopic (exact) mass is 836 g/mol. The topological polar surface area (TPSA) is 87.0 Å². The Kier molecular flexibility index (Phi) is 15.1. The highest BCUT2D eigenvalue weighted by molar-refractivity contribution is 6.10. The minimum atomic E-state index is 0.552. The van der Waals surface area contributed by atoms with E-state index in [1.54, 1.807) is 0 Å². The Morgan fingerprint density at radius 1 is 0.397 bits per heavy atom. The summed E-state index contributed by atoms with van der Waals surface area (Å²) in [4.78, 5) is 18.7. The van der Waals surface area contributed by atoms with Crippen molar-refractivity contribution in [3.8, 4) is 0 Å². The molecule has 0 fully saturated rings. The largest absolute Gasteiger partial charge is 0.379 e. The van der Waals surface area contributed by atoms with Gasteiger partial charge in [0, 0.05) is 108 Å². The van der Waals surface area contributed by atoms with Crippen LogP contribution in [0.4, 0.5) is 11.4 Å². The molecule has 0 aliphatic heterocycles. The molecule has 8 aromatic rings. The first kappa shape index (κ1) is 43.1. The highest BCUT2D eigenvalue weighted by Crippen LogP contribution is 2.33. The molecule has 320 valence electrons. The maximum Gasteiger partial charge on any atom is 0.0701 e. The fourth-order valence-electron chi connectivity index (χ4n) is 7.96. The van der Waals surface area contributed by atoms with Gasteiger partial charge in [-0.15, -0.1) is 0 Å². The van der Waals surface area contributed by atoms with E-state index in [1.165, 1.54) is 43.6 Å². The van der Waals surface area contributed by atoms with E-state index in [9.17, 15) is 0 Å². The molecule has 2 aromatic heterocycles. The minimum Gasteiger partial charge on any atom is -0.379 e. The fraction of sp³-hybridized carbons (Fsp3) is 0.259. The zero-order chi connectivity index (χ0) is 43.1. The van der Waals surface area contributed by atoms with Crippen molar-refractivity contribution in [1.29, 1.82) is 0 Å². The summed E-state index contributed by atoms with van der Waals surface area (Å²) in [5.74, 6) is 0. The molecule has 0 amide bonds. The second kappa shape index (κ2) is 22.0. The van der Waals surface area contributed by atoms with Gasteiger partial charge in [-0.3, -0.25) is 20.0 Å². The third-order valence-corrected chi connectivity index (χ3v) is 11.1. The quantitative estimate of drug-likeness (QED) is 0.0503. The van der Waals surface area contributed by atoms with Crippen LogP contribution in [0.15, 0.2) is 153 Å². The van der Waals surface area contributed by atoms with E-state index in [0.29, 0.717) is 52.7 Å². The highest BCUT2D eigenvalue weighted by atomic mass is 16.5. The zero-order valence-corrected chi connectivity index (χ0v) is 36.4. The number of hydrogen-bond donors (Lipinski definition) is 0. The smallest absolute Gasteiger partial charge is 0.0701 e. The first-order valence-corrected chi connectivity index (χ1v) is 22.2. The number of aromatic nitrogens is 2. The average molecular weight is 837 g/mol. The van der Waals surface area contributed by atoms with Crippen LogP contribution in [0.2, 0.25) is 0 Å². The zero-order valence-electron chi connectivity index (χ0n) is 36.4. The van der Waals surface area contributed by atoms with Crippen LogP contribution in [-0.4, -0.2) is 86.7 Å². The van der Waals surface area contributed by atoms with E-state index < -0.39 is 0 Å². The summed E-state index contributed by atoms with van der Waals surface area (Å²) in [7, 11) is 0. The molecule has 0 aliphatic carbocycles. The van der Waals surface area contributed by atoms with Crippen LogP contribution in [-0.2, 0) is 27.3 Å². The molecule has 0 aliphatic rings. The summed E-state index contributed by atoms with van der Waals surface area (Å²) < 4.78 is 21.8. The molecule has 0 atom stereocenters. The Morgan fingerprint density at radius 3 is 1.17 bits per heavy atom. The van der Waals surface area contributed by atoms with Crippen molar-refractivity contribution >= 4 is 79.8 Å². The molecule has 6 aromatic carbocycles. The molecule has 0 radical (unpaired) electrons. The van der Waals surface area contributed by atoms with Crippen molar-refractivity contribution in [2.24, 2.45) is 20.0 Å². The summed E-state index contributed by atoms with van der Waals surface area (Å²) >= 11 is 0. The molecule has 0 bridgehead atoms. The number of ether oxygens (including phenoxy) is 3. The molecule has 9 heteroatoms. The number of hydrogen-bond acceptors (Lipinski definition) is 7. The van der Waals surface area contributed by atoms with Gasteiger partial charge in [-0.2, -0.15) is 0 Å². The van der Waals surface area contributed by atoms with Crippen LogP contribution in [0.5, 0.6) is 0 Å². The van der Waals surface area contributed by atoms with E-state index >= 15 is 0 Å². The van der Waals surface area contributed by atoms with Crippen LogP contribution in [0.3, 0.4) is 0 Å². The van der Waals surface area contributed by atoms with Crippen molar-refractivity contribution < 1.29 is 14.2 Å². The van der Waals surface area contributed by atoms with Crippen LogP contribution >= 0.6 is 0 Å². The van der Waals surface area contributed by atoms with Crippen molar-refractivity contribution in [2.75, 3.05) is 52.7 Å². The second-order valence-corrected chi connectivity index (χ2v) is 15.4. The van der Waals surface area contributed by atoms with Gasteiger partial charge in [0.1, 0.15) is 0 Å². The van der Waals surface area contributed by atoms with Crippen molar-refractivity contribution in [3.05, 3.63) is 156 Å². The van der Waals surface area contributed by atoms with Gasteiger partial charge >= 0.3 is 0 Å². The Morgan fingerprint density at radius 2 is 0.762 bits per heavy atom. The molecule has 63 heavy (non-hydrogen) atoms. The molecule has 2 heterocycles. The third kappa shape index (κ3) is 11.1. The molecule has 0 N–H and O–H groups in total. The molecule has 0 saturated carbocycles. The van der Waals surface area contributed by atoms with Gasteiger partial charge in [0.05, 0.1) is 37.8 Å². The molecule has 0 unspecified atom stereocenters. The SMILES string of the molecule is CCn1c2ccccc2c2cc(N=Cc3ccc(C=NCCCOCCOCCOCCCN=Cc4ccc(C=Nc5ccc6c(c5)c5ccccc5n6CC)cc4)cc3)ccc21. The van der Waals surface area contributed by atoms with Gasteiger partial charge in [0.15, 0.2) is 0 Å². The normalized spacial score (nSPS) is 12.3. The summed E-state index contributed by atoms with van der Waals surface area (Å²) in [6, 6.07) is 46.6. The lowest BCUT2D eigenvalue weighted by molar-refractivity contribution is 0.0143. The number of aliphatic imine (C=N–C) groups is 4. The van der Waals surface area contributed by atoms with E-state index in [4.69, 9.17) is 24.2 Å². The maximum atomic E-state index is 5.71. The molecular weight excluding hydrogens is 781 g/mol. The summed E-state index contributed by atoms with van der Waals surface area (Å²) in [5, 5.41) is 5.01. The fourth-order valence-corrected chi connectivity index (χ4v) is 7.96. The first-order chi connectivity index (χ1) is 31.2. The Labute approximate surface area is 370 Å². The van der Waals surface area contributed by atoms with Gasteiger partial charge in [0.25, 0.3) is 0 Å². The van der Waals surface area contributed by atoms with Gasteiger partial charge in [-0.25, -0.2) is 0 Å². The summed E-state index contributed by atoms with van der Waals surface area (Å²) in [6.07, 6.45) is 9.39. The second-order valence-electron chi connectivity index (χ2n) is 15.4. The molecule has 9 nitrogen and oxygen atoms in total. The lowest BCUT2D eigenvalue weighted by atomic mass is 10.1. The van der Waals surface area contributed by atoms with Crippen LogP contribution in [0.1, 0.15) is 48.9 Å². The van der Waals surface area contributed by atoms with Gasteiger partial charge in [-0.1, -0.05) is 84.9 Å². The van der Waals surface area contributed by atoms with E-state index in [-0.39, 0.29) is 0 Å². The predicted octanol–water partition coefficient (Wildman–Crippen LogP) is 11.8. The van der Waals surface area contributed by atoms with Crippen LogP contribution in [0, 0.1) is 0 Å². The van der Waals surface area contributed by atoms with Crippen molar-refractivity contribution in [2.45, 2.75) is 39.8 Å². The predicted molar refractivity (Wildman–Crippen MR) is 264 cm³/mol. The number of benzene rings is 6. The highest BCUT2D eigenvalue weighted by Gasteiger charge is 2.11. The van der Waals surface area contributed by atoms with Crippen molar-refractivity contribution in [3.63, 3.8) is 0 Å². The number of para-hydroxylation sites is 2. The maximum absolute atomic E-state index is 5.71. The molecule has 0 spiro atoms. The van der Waals surface area contributed by atoms with Crippen LogP contribution in [0.25, 0.3) is 43.6 Å². The van der Waals surface area contributed by atoms with E-state index in [0.717, 1.165) is 59.6 Å². The Balaban J connectivity index is 0.637. The number of fused-ring (bicyclic) bond motifs is 6. The summed E-state index contributed by atoms with van der Waals surface area (Å²) in [5.41, 5.74) is 11.1. The first-order valence-electron chi connectivity index (χ1n) is 22.2. The van der Waals surface area contributed by atoms with E-state index in [2.05, 4.69) is 166 Å². The van der Waals surface area contributed by atoms with Gasteiger partial charge < -0.3 is 23.3 Å². The molecular formula is C54H56N6O3. The van der Waals surface area contributed by atoms with Crippen molar-refractivity contribution in [1.82, 2.24) is 9.13 Å². The average Bonchev–Trinajstić information content (AvgIpc) is 3.83. The third-order valence-electron chi connectivity index (χ3n) is 11.1. The number of nitrogens with zero attached hydrogens (tertiary/aromatic N) is 6. The Bertz CT molecular complexity index is 2660. The number of aryl methyl sites for hydroxylation is 2. The minimum absolute atomic E-state index is 0.552. The van der Waals surface area contributed by atoms with Crippen LogP contribution < -0.4 is 0 Å².